The van der Waals surface area contributed by atoms with Crippen LogP contribution in [0.3, 0.4) is 0 Å². The molecule has 0 aliphatic carbocycles. The van der Waals surface area contributed by atoms with Crippen molar-refractivity contribution in [3.8, 4) is 0 Å². The lowest BCUT2D eigenvalue weighted by atomic mass is 10.2. The molecule has 0 aliphatic rings. The number of nitrogens with two attached hydrogens (primary N) is 1. The van der Waals surface area contributed by atoms with Gasteiger partial charge < -0.3 is 5.73 Å². The second-order valence-electron chi connectivity index (χ2n) is 3.79. The molecule has 0 bridgehead atoms. The third-order valence-electron chi connectivity index (χ3n) is 2.45. The van der Waals surface area contributed by atoms with Gasteiger partial charge in [-0.15, -0.1) is 0 Å². The van der Waals surface area contributed by atoms with Gasteiger partial charge in [0.05, 0.1) is 4.99 Å². The topological polar surface area (TPSA) is 72.2 Å². The molecule has 1 aromatic carbocycles. The molecule has 1 atom stereocenters. The van der Waals surface area contributed by atoms with Gasteiger partial charge in [0.15, 0.2) is 0 Å². The van der Waals surface area contributed by atoms with E-state index >= 15 is 0 Å². The number of hydrogen-bond acceptors (Lipinski definition) is 3. The van der Waals surface area contributed by atoms with E-state index < -0.39 is 15.3 Å². The summed E-state index contributed by atoms with van der Waals surface area (Å²) < 4.78 is 26.4. The Morgan fingerprint density at radius 1 is 1.44 bits per heavy atom. The lowest BCUT2D eigenvalue weighted by Gasteiger charge is -2.15. The molecule has 0 saturated heterocycles. The van der Waals surface area contributed by atoms with Crippen LogP contribution in [0.15, 0.2) is 24.3 Å². The minimum absolute atomic E-state index is 0.0129. The summed E-state index contributed by atoms with van der Waals surface area (Å²) >= 11 is 10.5. The molecule has 0 amide bonds. The Morgan fingerprint density at radius 2 is 2.00 bits per heavy atom. The van der Waals surface area contributed by atoms with E-state index in [1.807, 2.05) is 0 Å². The van der Waals surface area contributed by atoms with Crippen molar-refractivity contribution in [1.29, 1.82) is 0 Å². The van der Waals surface area contributed by atoms with Crippen molar-refractivity contribution in [2.45, 2.75) is 25.1 Å². The second-order valence-corrected chi connectivity index (χ2v) is 6.65. The zero-order valence-corrected chi connectivity index (χ0v) is 12.3. The lowest BCUT2D eigenvalue weighted by molar-refractivity contribution is 0.574. The van der Waals surface area contributed by atoms with E-state index in [1.165, 1.54) is 0 Å². The van der Waals surface area contributed by atoms with Crippen LogP contribution in [0.4, 0.5) is 0 Å². The predicted molar refractivity (Wildman–Crippen MR) is 78.1 cm³/mol. The first-order valence-corrected chi connectivity index (χ1v) is 7.72. The summed E-state index contributed by atoms with van der Waals surface area (Å²) in [7, 11) is -3.53. The highest BCUT2D eigenvalue weighted by Crippen LogP contribution is 2.11. The predicted octanol–water partition coefficient (Wildman–Crippen LogP) is 1.82. The van der Waals surface area contributed by atoms with Gasteiger partial charge >= 0.3 is 0 Å². The first kappa shape index (κ1) is 15.4. The first-order chi connectivity index (χ1) is 8.36. The average molecular weight is 307 g/mol. The SMILES string of the molecule is CCC(C(N)=S)S(=O)(=O)NCc1ccc(Cl)cc1. The number of nitrogens with one attached hydrogen (secondary N) is 1. The number of rotatable bonds is 6. The summed E-state index contributed by atoms with van der Waals surface area (Å²) in [6, 6.07) is 6.92. The van der Waals surface area contributed by atoms with Crippen molar-refractivity contribution in [2.24, 2.45) is 5.73 Å². The Morgan fingerprint density at radius 3 is 2.44 bits per heavy atom. The molecule has 18 heavy (non-hydrogen) atoms. The highest BCUT2D eigenvalue weighted by Gasteiger charge is 2.25. The molecule has 100 valence electrons. The van der Waals surface area contributed by atoms with Crippen molar-refractivity contribution < 1.29 is 8.42 Å². The van der Waals surface area contributed by atoms with Gasteiger partial charge in [-0.3, -0.25) is 0 Å². The van der Waals surface area contributed by atoms with Gasteiger partial charge in [0.1, 0.15) is 5.25 Å². The Bertz CT molecular complexity index is 514. The first-order valence-electron chi connectivity index (χ1n) is 5.39. The smallest absolute Gasteiger partial charge is 0.221 e. The maximum atomic E-state index is 11.9. The zero-order chi connectivity index (χ0) is 13.8. The standard InChI is InChI=1S/C11H15ClN2O2S2/c1-2-10(11(13)17)18(15,16)14-7-8-3-5-9(12)6-4-8/h3-6,10,14H,2,7H2,1H3,(H2,13,17). The molecular formula is C11H15ClN2O2S2. The highest BCUT2D eigenvalue weighted by atomic mass is 35.5. The highest BCUT2D eigenvalue weighted by molar-refractivity contribution is 7.93. The van der Waals surface area contributed by atoms with Crippen molar-refractivity contribution in [3.63, 3.8) is 0 Å². The van der Waals surface area contributed by atoms with Crippen LogP contribution in [0.5, 0.6) is 0 Å². The molecule has 0 aliphatic heterocycles. The number of benzene rings is 1. The van der Waals surface area contributed by atoms with E-state index in [0.717, 1.165) is 5.56 Å². The van der Waals surface area contributed by atoms with Crippen molar-refractivity contribution in [1.82, 2.24) is 4.72 Å². The number of sulfonamides is 1. The van der Waals surface area contributed by atoms with E-state index in [0.29, 0.717) is 11.4 Å². The molecule has 0 heterocycles. The van der Waals surface area contributed by atoms with Crippen LogP contribution in [-0.4, -0.2) is 18.7 Å². The molecule has 0 radical (unpaired) electrons. The van der Waals surface area contributed by atoms with Gasteiger partial charge in [0.2, 0.25) is 10.0 Å². The molecule has 1 aromatic rings. The van der Waals surface area contributed by atoms with Crippen molar-refractivity contribution >= 4 is 38.8 Å². The molecule has 1 unspecified atom stereocenters. The maximum absolute atomic E-state index is 11.9. The van der Waals surface area contributed by atoms with Crippen LogP contribution >= 0.6 is 23.8 Å². The third-order valence-corrected chi connectivity index (χ3v) is 5.02. The summed E-state index contributed by atoms with van der Waals surface area (Å²) in [5, 5.41) is -0.226. The average Bonchev–Trinajstić information content (AvgIpc) is 2.28. The summed E-state index contributed by atoms with van der Waals surface area (Å²) in [6.07, 6.45) is 0.352. The lowest BCUT2D eigenvalue weighted by Crippen LogP contribution is -2.41. The molecule has 3 N–H and O–H groups in total. The van der Waals surface area contributed by atoms with Gasteiger partial charge in [-0.2, -0.15) is 0 Å². The largest absolute Gasteiger partial charge is 0.392 e. The molecule has 1 rings (SSSR count). The maximum Gasteiger partial charge on any atom is 0.221 e. The van der Waals surface area contributed by atoms with Gasteiger partial charge in [-0.1, -0.05) is 42.9 Å². The molecule has 4 nitrogen and oxygen atoms in total. The number of hydrogen-bond donors (Lipinski definition) is 2. The fraction of sp³-hybridized carbons (Fsp3) is 0.364. The minimum Gasteiger partial charge on any atom is -0.392 e. The van der Waals surface area contributed by atoms with Crippen LogP contribution in [-0.2, 0) is 16.6 Å². The van der Waals surface area contributed by atoms with Crippen molar-refractivity contribution in [2.75, 3.05) is 0 Å². The van der Waals surface area contributed by atoms with E-state index in [2.05, 4.69) is 4.72 Å². The van der Waals surface area contributed by atoms with E-state index in [1.54, 1.807) is 31.2 Å². The Hall–Kier alpha value is -0.690. The van der Waals surface area contributed by atoms with Gasteiger partial charge in [-0.05, 0) is 24.1 Å². The fourth-order valence-electron chi connectivity index (χ4n) is 1.46. The molecule has 0 saturated carbocycles. The minimum atomic E-state index is -3.53. The van der Waals surface area contributed by atoms with E-state index in [-0.39, 0.29) is 11.5 Å². The Labute approximate surface area is 118 Å². The summed E-state index contributed by atoms with van der Waals surface area (Å²) in [6.45, 7) is 1.92. The molecule has 0 aromatic heterocycles. The molecular weight excluding hydrogens is 292 g/mol. The van der Waals surface area contributed by atoms with Gasteiger partial charge in [-0.25, -0.2) is 13.1 Å². The molecule has 0 fully saturated rings. The molecule has 7 heteroatoms. The molecule has 0 spiro atoms. The summed E-state index contributed by atoms with van der Waals surface area (Å²) in [5.74, 6) is 0. The normalized spacial score (nSPS) is 13.2. The van der Waals surface area contributed by atoms with Crippen LogP contribution in [0, 0.1) is 0 Å². The van der Waals surface area contributed by atoms with Crippen LogP contribution in [0.1, 0.15) is 18.9 Å². The van der Waals surface area contributed by atoms with E-state index in [9.17, 15) is 8.42 Å². The monoisotopic (exact) mass is 306 g/mol. The van der Waals surface area contributed by atoms with Crippen LogP contribution in [0.25, 0.3) is 0 Å². The van der Waals surface area contributed by atoms with Gasteiger partial charge in [0.25, 0.3) is 0 Å². The summed E-state index contributed by atoms with van der Waals surface area (Å²) in [4.78, 5) is -0.0129. The van der Waals surface area contributed by atoms with Crippen LogP contribution in [0.2, 0.25) is 5.02 Å². The Balaban J connectivity index is 2.72. The number of halogens is 1. The Kier molecular flexibility index (Phi) is 5.52. The van der Waals surface area contributed by atoms with Crippen LogP contribution < -0.4 is 10.5 Å². The second kappa shape index (κ2) is 6.47. The fourth-order valence-corrected chi connectivity index (χ4v) is 3.45. The number of thiocarbonyl (C=S) groups is 1. The van der Waals surface area contributed by atoms with E-state index in [4.69, 9.17) is 29.6 Å². The quantitative estimate of drug-likeness (QED) is 0.787. The third kappa shape index (κ3) is 4.20. The zero-order valence-electron chi connectivity index (χ0n) is 9.89. The van der Waals surface area contributed by atoms with Crippen molar-refractivity contribution in [3.05, 3.63) is 34.9 Å². The summed E-state index contributed by atoms with van der Waals surface area (Å²) in [5.41, 5.74) is 6.24. The van der Waals surface area contributed by atoms with Gasteiger partial charge in [0, 0.05) is 11.6 Å².